The lowest BCUT2D eigenvalue weighted by atomic mass is 9.91. The van der Waals surface area contributed by atoms with E-state index in [0.29, 0.717) is 38.3 Å². The van der Waals surface area contributed by atoms with Crippen molar-refractivity contribution in [3.05, 3.63) is 24.0 Å². The molecule has 0 radical (unpaired) electrons. The van der Waals surface area contributed by atoms with Gasteiger partial charge in [-0.15, -0.1) is 0 Å². The quantitative estimate of drug-likeness (QED) is 0.773. The fourth-order valence-electron chi connectivity index (χ4n) is 3.43. The molecule has 1 aromatic rings. The minimum Gasteiger partial charge on any atom is -0.357 e. The highest BCUT2D eigenvalue weighted by Gasteiger charge is 2.53. The number of H-pyrrole nitrogens is 1. The molecule has 116 valence electrons. The van der Waals surface area contributed by atoms with E-state index in [1.807, 2.05) is 4.90 Å². The van der Waals surface area contributed by atoms with E-state index in [1.165, 1.54) is 0 Å². The number of nitrogens with one attached hydrogen (secondary N) is 1. The number of likely N-dealkylation sites (N-methyl/N-ethyl adjacent to an activating group) is 1. The van der Waals surface area contributed by atoms with Crippen molar-refractivity contribution in [1.29, 1.82) is 5.26 Å². The maximum Gasteiger partial charge on any atom is 0.270 e. The standard InChI is InChI=1S/C15H19N5O2/c1-18-9-10-20(8-5-16)15(14(18)22)4-7-19(11-15)13(21)12-3-2-6-17-12/h2-3,6,17H,4,7-11H2,1H3. The summed E-state index contributed by atoms with van der Waals surface area (Å²) < 4.78 is 0. The molecule has 7 heteroatoms. The van der Waals surface area contributed by atoms with Gasteiger partial charge in [-0.1, -0.05) is 0 Å². The highest BCUT2D eigenvalue weighted by molar-refractivity contribution is 5.95. The van der Waals surface area contributed by atoms with Gasteiger partial charge in [0.15, 0.2) is 0 Å². The molecule has 1 N–H and O–H groups in total. The first kappa shape index (κ1) is 14.6. The molecule has 1 aromatic heterocycles. The summed E-state index contributed by atoms with van der Waals surface area (Å²) in [4.78, 5) is 33.4. The zero-order valence-corrected chi connectivity index (χ0v) is 12.6. The average Bonchev–Trinajstić information content (AvgIpc) is 3.18. The summed E-state index contributed by atoms with van der Waals surface area (Å²) in [6.07, 6.45) is 2.28. The first-order valence-corrected chi connectivity index (χ1v) is 7.39. The van der Waals surface area contributed by atoms with Gasteiger partial charge in [-0.3, -0.25) is 14.5 Å². The number of carbonyl (C=O) groups is 2. The third kappa shape index (κ3) is 2.16. The van der Waals surface area contributed by atoms with Gasteiger partial charge in [0.1, 0.15) is 11.2 Å². The van der Waals surface area contributed by atoms with Crippen LogP contribution >= 0.6 is 0 Å². The molecule has 2 aliphatic heterocycles. The molecule has 1 unspecified atom stereocenters. The Hall–Kier alpha value is -2.33. The van der Waals surface area contributed by atoms with Gasteiger partial charge in [-0.2, -0.15) is 5.26 Å². The van der Waals surface area contributed by atoms with Crippen LogP contribution in [-0.2, 0) is 4.79 Å². The molecule has 0 aromatic carbocycles. The monoisotopic (exact) mass is 301 g/mol. The molecule has 0 aliphatic carbocycles. The number of carbonyl (C=O) groups excluding carboxylic acids is 2. The van der Waals surface area contributed by atoms with Crippen LogP contribution in [0.2, 0.25) is 0 Å². The molecule has 22 heavy (non-hydrogen) atoms. The van der Waals surface area contributed by atoms with E-state index < -0.39 is 5.54 Å². The second kappa shape index (κ2) is 5.46. The number of nitriles is 1. The van der Waals surface area contributed by atoms with Gasteiger partial charge in [0, 0.05) is 39.4 Å². The van der Waals surface area contributed by atoms with Crippen molar-refractivity contribution < 1.29 is 9.59 Å². The van der Waals surface area contributed by atoms with Crippen LogP contribution in [0.15, 0.2) is 18.3 Å². The van der Waals surface area contributed by atoms with E-state index in [1.54, 1.807) is 35.2 Å². The number of hydrogen-bond acceptors (Lipinski definition) is 4. The molecule has 7 nitrogen and oxygen atoms in total. The van der Waals surface area contributed by atoms with E-state index in [2.05, 4.69) is 11.1 Å². The molecule has 0 bridgehead atoms. The molecular weight excluding hydrogens is 282 g/mol. The topological polar surface area (TPSA) is 83.4 Å². The molecule has 1 atom stereocenters. The van der Waals surface area contributed by atoms with Gasteiger partial charge in [0.05, 0.1) is 12.6 Å². The summed E-state index contributed by atoms with van der Waals surface area (Å²) in [7, 11) is 1.78. The molecule has 2 saturated heterocycles. The number of aromatic amines is 1. The molecule has 0 saturated carbocycles. The van der Waals surface area contributed by atoms with Crippen LogP contribution < -0.4 is 0 Å². The summed E-state index contributed by atoms with van der Waals surface area (Å²) in [5.74, 6) is -0.0874. The second-order valence-corrected chi connectivity index (χ2v) is 5.90. The predicted molar refractivity (Wildman–Crippen MR) is 78.9 cm³/mol. The van der Waals surface area contributed by atoms with Crippen LogP contribution in [0.1, 0.15) is 16.9 Å². The molecule has 3 heterocycles. The molecule has 1 spiro atoms. The predicted octanol–water partition coefficient (Wildman–Crippen LogP) is -0.103. The SMILES string of the molecule is CN1CCN(CC#N)C2(CCN(C(=O)c3ccc[nH]3)C2)C1=O. The van der Waals surface area contributed by atoms with E-state index in [0.717, 1.165) is 0 Å². The summed E-state index contributed by atoms with van der Waals surface area (Å²) in [6, 6.07) is 5.65. The van der Waals surface area contributed by atoms with Crippen molar-refractivity contribution >= 4 is 11.8 Å². The van der Waals surface area contributed by atoms with Crippen LogP contribution in [-0.4, -0.2) is 76.8 Å². The minimum absolute atomic E-state index is 0.00999. The summed E-state index contributed by atoms with van der Waals surface area (Å²) >= 11 is 0. The molecule has 3 rings (SSSR count). The first-order valence-electron chi connectivity index (χ1n) is 7.39. The number of aromatic nitrogens is 1. The van der Waals surface area contributed by atoms with E-state index >= 15 is 0 Å². The first-order chi connectivity index (χ1) is 10.6. The smallest absolute Gasteiger partial charge is 0.270 e. The average molecular weight is 301 g/mol. The van der Waals surface area contributed by atoms with Gasteiger partial charge in [0.25, 0.3) is 5.91 Å². The van der Waals surface area contributed by atoms with Crippen LogP contribution in [0.5, 0.6) is 0 Å². The van der Waals surface area contributed by atoms with E-state index in [-0.39, 0.29) is 18.4 Å². The second-order valence-electron chi connectivity index (χ2n) is 5.90. The lowest BCUT2D eigenvalue weighted by Crippen LogP contribution is -2.66. The highest BCUT2D eigenvalue weighted by Crippen LogP contribution is 2.33. The Kier molecular flexibility index (Phi) is 3.62. The third-order valence-electron chi connectivity index (χ3n) is 4.68. The zero-order chi connectivity index (χ0) is 15.7. The van der Waals surface area contributed by atoms with Crippen molar-refractivity contribution in [3.63, 3.8) is 0 Å². The molecule has 2 amide bonds. The molecule has 2 fully saturated rings. The number of amides is 2. The number of piperazine rings is 1. The Morgan fingerprint density at radius 3 is 2.95 bits per heavy atom. The highest BCUT2D eigenvalue weighted by atomic mass is 16.2. The van der Waals surface area contributed by atoms with Gasteiger partial charge in [0.2, 0.25) is 5.91 Å². The van der Waals surface area contributed by atoms with Crippen LogP contribution in [0, 0.1) is 11.3 Å². The Balaban J connectivity index is 1.84. The zero-order valence-electron chi connectivity index (χ0n) is 12.6. The number of likely N-dealkylation sites (tertiary alicyclic amines) is 1. The Bertz CT molecular complexity index is 620. The molecular formula is C15H19N5O2. The van der Waals surface area contributed by atoms with Crippen molar-refractivity contribution in [3.8, 4) is 6.07 Å². The van der Waals surface area contributed by atoms with Gasteiger partial charge >= 0.3 is 0 Å². The van der Waals surface area contributed by atoms with Gasteiger partial charge in [-0.05, 0) is 18.6 Å². The molecule has 2 aliphatic rings. The van der Waals surface area contributed by atoms with Crippen LogP contribution in [0.4, 0.5) is 0 Å². The van der Waals surface area contributed by atoms with Crippen LogP contribution in [0.3, 0.4) is 0 Å². The Morgan fingerprint density at radius 1 is 1.45 bits per heavy atom. The maximum atomic E-state index is 12.7. The Morgan fingerprint density at radius 2 is 2.27 bits per heavy atom. The normalized spacial score (nSPS) is 25.7. The van der Waals surface area contributed by atoms with E-state index in [4.69, 9.17) is 5.26 Å². The number of nitrogens with zero attached hydrogens (tertiary/aromatic N) is 4. The van der Waals surface area contributed by atoms with Crippen molar-refractivity contribution in [1.82, 2.24) is 19.7 Å². The number of rotatable bonds is 2. The largest absolute Gasteiger partial charge is 0.357 e. The fourth-order valence-corrected chi connectivity index (χ4v) is 3.43. The van der Waals surface area contributed by atoms with Crippen LogP contribution in [0.25, 0.3) is 0 Å². The fraction of sp³-hybridized carbons (Fsp3) is 0.533. The maximum absolute atomic E-state index is 12.7. The van der Waals surface area contributed by atoms with Gasteiger partial charge in [-0.25, -0.2) is 0 Å². The van der Waals surface area contributed by atoms with Crippen molar-refractivity contribution in [2.24, 2.45) is 0 Å². The number of hydrogen-bond donors (Lipinski definition) is 1. The third-order valence-corrected chi connectivity index (χ3v) is 4.68. The van der Waals surface area contributed by atoms with Crippen molar-refractivity contribution in [2.45, 2.75) is 12.0 Å². The summed E-state index contributed by atoms with van der Waals surface area (Å²) in [5, 5.41) is 9.04. The summed E-state index contributed by atoms with van der Waals surface area (Å²) in [6.45, 7) is 2.37. The lowest BCUT2D eigenvalue weighted by Gasteiger charge is -2.45. The van der Waals surface area contributed by atoms with E-state index in [9.17, 15) is 9.59 Å². The minimum atomic E-state index is -0.745. The Labute approximate surface area is 129 Å². The van der Waals surface area contributed by atoms with Crippen molar-refractivity contribution in [2.75, 3.05) is 39.8 Å². The lowest BCUT2D eigenvalue weighted by molar-refractivity contribution is -0.148. The van der Waals surface area contributed by atoms with Gasteiger partial charge < -0.3 is 14.8 Å². The summed E-state index contributed by atoms with van der Waals surface area (Å²) in [5.41, 5.74) is -0.217.